The van der Waals surface area contributed by atoms with Gasteiger partial charge in [0.05, 0.1) is 13.2 Å². The van der Waals surface area contributed by atoms with Crippen LogP contribution in [0.5, 0.6) is 0 Å². The number of hydrogen-bond acceptors (Lipinski definition) is 2. The van der Waals surface area contributed by atoms with Gasteiger partial charge in [-0.25, -0.2) is 6.57 Å². The Morgan fingerprint density at radius 1 is 1.17 bits per heavy atom. The molecule has 70 valence electrons. The Morgan fingerprint density at radius 3 is 2.33 bits per heavy atom. The minimum atomic E-state index is -1.37. The maximum atomic E-state index is 6.50. The van der Waals surface area contributed by atoms with Crippen LogP contribution in [0.1, 0.15) is 0 Å². The van der Waals surface area contributed by atoms with Gasteiger partial charge in [0.15, 0.2) is 8.32 Å². The third-order valence-corrected chi connectivity index (χ3v) is 2.18. The Morgan fingerprint density at radius 2 is 1.83 bits per heavy atom. The van der Waals surface area contributed by atoms with Crippen molar-refractivity contribution < 1.29 is 9.16 Å². The van der Waals surface area contributed by atoms with E-state index in [9.17, 15) is 0 Å². The molecule has 0 spiro atoms. The molecule has 0 saturated heterocycles. The van der Waals surface area contributed by atoms with Gasteiger partial charge in [0.2, 0.25) is 6.54 Å². The Labute approximate surface area is 75.6 Å². The lowest BCUT2D eigenvalue weighted by atomic mass is 10.7. The SMILES string of the molecule is [C-]#[N+]CCOCCO[Si](C)(C)C. The smallest absolute Gasteiger partial charge is 0.237 e. The van der Waals surface area contributed by atoms with Crippen molar-refractivity contribution in [2.45, 2.75) is 19.6 Å². The van der Waals surface area contributed by atoms with Crippen molar-refractivity contribution in [3.05, 3.63) is 11.4 Å². The maximum absolute atomic E-state index is 6.50. The molecule has 3 nitrogen and oxygen atoms in total. The molecule has 0 aliphatic rings. The zero-order valence-corrected chi connectivity index (χ0v) is 9.09. The minimum Gasteiger partial charge on any atom is -0.415 e. The second-order valence-corrected chi connectivity index (χ2v) is 7.97. The van der Waals surface area contributed by atoms with Gasteiger partial charge in [0.25, 0.3) is 0 Å². The fourth-order valence-corrected chi connectivity index (χ4v) is 1.31. The highest BCUT2D eigenvalue weighted by atomic mass is 28.4. The van der Waals surface area contributed by atoms with E-state index >= 15 is 0 Å². The van der Waals surface area contributed by atoms with Crippen LogP contribution in [0, 0.1) is 6.57 Å². The lowest BCUT2D eigenvalue weighted by Crippen LogP contribution is -2.27. The van der Waals surface area contributed by atoms with Gasteiger partial charge in [-0.05, 0) is 19.6 Å². The summed E-state index contributed by atoms with van der Waals surface area (Å²) in [6, 6.07) is 0. The average molecular weight is 187 g/mol. The lowest BCUT2D eigenvalue weighted by molar-refractivity contribution is 0.106. The van der Waals surface area contributed by atoms with Crippen molar-refractivity contribution in [2.75, 3.05) is 26.4 Å². The minimum absolute atomic E-state index is 0.451. The van der Waals surface area contributed by atoms with Gasteiger partial charge in [-0.1, -0.05) is 0 Å². The fraction of sp³-hybridized carbons (Fsp3) is 0.875. The number of ether oxygens (including phenoxy) is 1. The van der Waals surface area contributed by atoms with Crippen LogP contribution in [0.15, 0.2) is 0 Å². The molecule has 0 aliphatic carbocycles. The Kier molecular flexibility index (Phi) is 5.99. The molecule has 4 heteroatoms. The van der Waals surface area contributed by atoms with Gasteiger partial charge in [-0.3, -0.25) is 0 Å². The highest BCUT2D eigenvalue weighted by Crippen LogP contribution is 2.01. The Balaban J connectivity index is 3.07. The third kappa shape index (κ3) is 9.63. The largest absolute Gasteiger partial charge is 0.415 e. The summed E-state index contributed by atoms with van der Waals surface area (Å²) in [5, 5.41) is 0. The predicted molar refractivity (Wildman–Crippen MR) is 51.6 cm³/mol. The van der Waals surface area contributed by atoms with Gasteiger partial charge in [0, 0.05) is 0 Å². The van der Waals surface area contributed by atoms with E-state index in [0.29, 0.717) is 26.4 Å². The van der Waals surface area contributed by atoms with Gasteiger partial charge < -0.3 is 14.0 Å². The highest BCUT2D eigenvalue weighted by Gasteiger charge is 2.12. The summed E-state index contributed by atoms with van der Waals surface area (Å²) in [6.45, 7) is 15.2. The molecule has 0 rings (SSSR count). The first-order chi connectivity index (χ1) is 5.56. The number of rotatable bonds is 6. The number of hydrogen-bond donors (Lipinski definition) is 0. The summed E-state index contributed by atoms with van der Waals surface area (Å²) in [7, 11) is -1.37. The molecule has 0 atom stereocenters. The summed E-state index contributed by atoms with van der Waals surface area (Å²) in [5.74, 6) is 0. The van der Waals surface area contributed by atoms with E-state index in [2.05, 4.69) is 24.5 Å². The van der Waals surface area contributed by atoms with Crippen LogP contribution in [0.25, 0.3) is 4.85 Å². The van der Waals surface area contributed by atoms with Crippen molar-refractivity contribution in [1.29, 1.82) is 0 Å². The molecular formula is C8H17NO2Si. The van der Waals surface area contributed by atoms with E-state index < -0.39 is 8.32 Å². The van der Waals surface area contributed by atoms with E-state index in [1.807, 2.05) is 0 Å². The molecule has 0 aromatic rings. The van der Waals surface area contributed by atoms with Gasteiger partial charge in [0.1, 0.15) is 6.61 Å². The number of nitrogens with zero attached hydrogens (tertiary/aromatic N) is 1. The first kappa shape index (κ1) is 11.6. The zero-order chi connectivity index (χ0) is 9.45. The highest BCUT2D eigenvalue weighted by molar-refractivity contribution is 6.69. The van der Waals surface area contributed by atoms with Crippen molar-refractivity contribution >= 4 is 8.32 Å². The molecule has 0 aromatic heterocycles. The van der Waals surface area contributed by atoms with E-state index in [1.54, 1.807) is 0 Å². The lowest BCUT2D eigenvalue weighted by Gasteiger charge is -2.16. The summed E-state index contributed by atoms with van der Waals surface area (Å²) >= 11 is 0. The van der Waals surface area contributed by atoms with Crippen molar-refractivity contribution in [3.63, 3.8) is 0 Å². The summed E-state index contributed by atoms with van der Waals surface area (Å²) in [5.41, 5.74) is 0. The summed E-state index contributed by atoms with van der Waals surface area (Å²) in [6.07, 6.45) is 0. The van der Waals surface area contributed by atoms with E-state index in [1.165, 1.54) is 0 Å². The predicted octanol–water partition coefficient (Wildman–Crippen LogP) is 1.77. The molecule has 0 heterocycles. The van der Waals surface area contributed by atoms with Gasteiger partial charge >= 0.3 is 0 Å². The molecule has 0 bridgehead atoms. The van der Waals surface area contributed by atoms with Crippen LogP contribution < -0.4 is 0 Å². The van der Waals surface area contributed by atoms with Crippen LogP contribution >= 0.6 is 0 Å². The zero-order valence-electron chi connectivity index (χ0n) is 8.09. The molecule has 0 amide bonds. The summed E-state index contributed by atoms with van der Waals surface area (Å²) < 4.78 is 10.7. The second-order valence-electron chi connectivity index (χ2n) is 3.45. The van der Waals surface area contributed by atoms with E-state index in [0.717, 1.165) is 0 Å². The maximum Gasteiger partial charge on any atom is 0.237 e. The van der Waals surface area contributed by atoms with Crippen molar-refractivity contribution in [1.82, 2.24) is 0 Å². The van der Waals surface area contributed by atoms with Crippen LogP contribution in [-0.2, 0) is 9.16 Å². The van der Waals surface area contributed by atoms with Crippen molar-refractivity contribution in [2.24, 2.45) is 0 Å². The Hall–Kier alpha value is -0.373. The van der Waals surface area contributed by atoms with Crippen molar-refractivity contribution in [3.8, 4) is 0 Å². The molecule has 0 radical (unpaired) electrons. The van der Waals surface area contributed by atoms with Gasteiger partial charge in [-0.15, -0.1) is 0 Å². The fourth-order valence-electron chi connectivity index (χ4n) is 0.619. The molecule has 0 aliphatic heterocycles. The standard InChI is InChI=1S/C8H17NO2Si/c1-9-5-6-10-7-8-11-12(2,3)4/h5-8H2,2-4H3. The molecule has 0 aromatic carbocycles. The Bertz CT molecular complexity index is 148. The third-order valence-electron chi connectivity index (χ3n) is 1.11. The van der Waals surface area contributed by atoms with E-state index in [-0.39, 0.29) is 0 Å². The van der Waals surface area contributed by atoms with Gasteiger partial charge in [-0.2, -0.15) is 0 Å². The normalized spacial score (nSPS) is 11.2. The van der Waals surface area contributed by atoms with Crippen LogP contribution in [-0.4, -0.2) is 34.7 Å². The quantitative estimate of drug-likeness (QED) is 0.359. The molecular weight excluding hydrogens is 170 g/mol. The van der Waals surface area contributed by atoms with Crippen LogP contribution in [0.4, 0.5) is 0 Å². The molecule has 0 unspecified atom stereocenters. The first-order valence-electron chi connectivity index (χ1n) is 4.11. The molecule has 0 N–H and O–H groups in total. The molecule has 0 fully saturated rings. The average Bonchev–Trinajstić information content (AvgIpc) is 1.94. The summed E-state index contributed by atoms with van der Waals surface area (Å²) in [4.78, 5) is 3.17. The van der Waals surface area contributed by atoms with Crippen LogP contribution in [0.2, 0.25) is 19.6 Å². The van der Waals surface area contributed by atoms with E-state index in [4.69, 9.17) is 15.7 Å². The topological polar surface area (TPSA) is 22.8 Å². The monoisotopic (exact) mass is 187 g/mol. The van der Waals surface area contributed by atoms with Crippen LogP contribution in [0.3, 0.4) is 0 Å². The molecule has 12 heavy (non-hydrogen) atoms. The first-order valence-corrected chi connectivity index (χ1v) is 7.52. The second kappa shape index (κ2) is 6.18. The molecule has 0 saturated carbocycles.